The minimum Gasteiger partial charge on any atom is -0.338 e. The molecule has 0 aliphatic carbocycles. The third-order valence-corrected chi connectivity index (χ3v) is 2.46. The van der Waals surface area contributed by atoms with E-state index in [1.165, 1.54) is 0 Å². The van der Waals surface area contributed by atoms with Gasteiger partial charge in [-0.25, -0.2) is 9.07 Å². The second kappa shape index (κ2) is 3.25. The molecule has 0 radical (unpaired) electrons. The molecule has 6 heteroatoms. The summed E-state index contributed by atoms with van der Waals surface area (Å²) >= 11 is 3.18. The summed E-state index contributed by atoms with van der Waals surface area (Å²) in [6.07, 6.45) is -0.139. The van der Waals surface area contributed by atoms with Crippen LogP contribution >= 0.6 is 15.9 Å². The van der Waals surface area contributed by atoms with Gasteiger partial charge in [0.25, 0.3) is 0 Å². The predicted molar refractivity (Wildman–Crippen MR) is 50.4 cm³/mol. The average molecular weight is 249 g/mol. The molecule has 1 aromatic heterocycles. The largest absolute Gasteiger partial charge is 0.338 e. The maximum absolute atomic E-state index is 12.9. The summed E-state index contributed by atoms with van der Waals surface area (Å²) < 4.78 is 15.1. The van der Waals surface area contributed by atoms with Crippen LogP contribution in [0.2, 0.25) is 0 Å². The number of nitrogens with zero attached hydrogens (tertiary/aromatic N) is 4. The molecule has 0 bridgehead atoms. The summed E-state index contributed by atoms with van der Waals surface area (Å²) in [6.45, 7) is 1.15. The Morgan fingerprint density at radius 1 is 1.62 bits per heavy atom. The fourth-order valence-corrected chi connectivity index (χ4v) is 1.92. The molecule has 13 heavy (non-hydrogen) atoms. The monoisotopic (exact) mass is 248 g/mol. The van der Waals surface area contributed by atoms with E-state index in [4.69, 9.17) is 0 Å². The molecule has 4 nitrogen and oxygen atoms in total. The Hall–Kier alpha value is -0.650. The van der Waals surface area contributed by atoms with Crippen LogP contribution < -0.4 is 4.90 Å². The number of hydrogen-bond acceptors (Lipinski definition) is 3. The molecule has 1 fully saturated rings. The van der Waals surface area contributed by atoms with Crippen molar-refractivity contribution < 1.29 is 4.39 Å². The van der Waals surface area contributed by atoms with Crippen molar-refractivity contribution in [3.63, 3.8) is 0 Å². The van der Waals surface area contributed by atoms with Gasteiger partial charge < -0.3 is 4.90 Å². The smallest absolute Gasteiger partial charge is 0.224 e. The lowest BCUT2D eigenvalue weighted by atomic mass is 10.3. The van der Waals surface area contributed by atoms with Crippen LogP contribution in [0.4, 0.5) is 10.3 Å². The van der Waals surface area contributed by atoms with Gasteiger partial charge in [-0.3, -0.25) is 0 Å². The van der Waals surface area contributed by atoms with Crippen molar-refractivity contribution >= 4 is 21.9 Å². The number of anilines is 1. The highest BCUT2D eigenvalue weighted by molar-refractivity contribution is 9.10. The van der Waals surface area contributed by atoms with Crippen molar-refractivity contribution in [2.45, 2.75) is 12.6 Å². The minimum atomic E-state index is -0.726. The van der Waals surface area contributed by atoms with Crippen LogP contribution in [0.5, 0.6) is 0 Å². The van der Waals surface area contributed by atoms with E-state index >= 15 is 0 Å². The van der Waals surface area contributed by atoms with Gasteiger partial charge in [-0.1, -0.05) is 0 Å². The molecule has 1 atom stereocenters. The molecule has 0 aromatic carbocycles. The highest BCUT2D eigenvalue weighted by atomic mass is 79.9. The molecule has 0 amide bonds. The number of rotatable bonds is 1. The van der Waals surface area contributed by atoms with Crippen LogP contribution in [-0.2, 0) is 7.05 Å². The van der Waals surface area contributed by atoms with E-state index in [1.54, 1.807) is 11.7 Å². The van der Waals surface area contributed by atoms with E-state index in [0.717, 1.165) is 12.5 Å². The lowest BCUT2D eigenvalue weighted by Gasteiger charge is -2.14. The van der Waals surface area contributed by atoms with E-state index in [0.29, 0.717) is 17.7 Å². The molecule has 0 saturated carbocycles. The van der Waals surface area contributed by atoms with Crippen LogP contribution in [0.3, 0.4) is 0 Å². The minimum absolute atomic E-state index is 0.430. The fraction of sp³-hybridized carbons (Fsp3) is 0.714. The molecule has 1 saturated heterocycles. The number of aromatic nitrogens is 3. The summed E-state index contributed by atoms with van der Waals surface area (Å²) in [4.78, 5) is 6.06. The first-order valence-electron chi connectivity index (χ1n) is 4.12. The number of alkyl halides is 1. The highest BCUT2D eigenvalue weighted by Crippen LogP contribution is 2.20. The Bertz CT molecular complexity index is 313. The molecule has 0 unspecified atom stereocenters. The van der Waals surface area contributed by atoms with E-state index in [2.05, 4.69) is 26.0 Å². The van der Waals surface area contributed by atoms with Gasteiger partial charge in [0.2, 0.25) is 10.7 Å². The number of aryl methyl sites for hydroxylation is 1. The Balaban J connectivity index is 2.20. The summed E-state index contributed by atoms with van der Waals surface area (Å²) in [6, 6.07) is 0. The Morgan fingerprint density at radius 3 is 2.85 bits per heavy atom. The van der Waals surface area contributed by atoms with Gasteiger partial charge in [-0.2, -0.15) is 4.98 Å². The topological polar surface area (TPSA) is 34.0 Å². The van der Waals surface area contributed by atoms with Crippen molar-refractivity contribution in [2.75, 3.05) is 18.0 Å². The molecule has 2 heterocycles. The Morgan fingerprint density at radius 2 is 2.38 bits per heavy atom. The molecule has 1 aliphatic rings. The van der Waals surface area contributed by atoms with Crippen molar-refractivity contribution in [3.05, 3.63) is 4.73 Å². The summed E-state index contributed by atoms with van der Waals surface area (Å²) in [7, 11) is 1.80. The quantitative estimate of drug-likeness (QED) is 0.748. The molecule has 0 N–H and O–H groups in total. The third-order valence-electron chi connectivity index (χ3n) is 2.13. The number of halogens is 2. The van der Waals surface area contributed by atoms with Gasteiger partial charge in [-0.05, 0) is 22.4 Å². The van der Waals surface area contributed by atoms with Gasteiger partial charge in [-0.15, -0.1) is 5.10 Å². The molecule has 72 valence electrons. The molecule has 2 rings (SSSR count). The average Bonchev–Trinajstić information content (AvgIpc) is 2.58. The molecule has 0 spiro atoms. The Labute approximate surface area is 83.9 Å². The lowest BCUT2D eigenvalue weighted by Crippen LogP contribution is -2.23. The van der Waals surface area contributed by atoms with E-state index in [1.807, 2.05) is 4.90 Å². The van der Waals surface area contributed by atoms with E-state index in [-0.39, 0.29) is 0 Å². The van der Waals surface area contributed by atoms with E-state index < -0.39 is 6.17 Å². The van der Waals surface area contributed by atoms with Crippen molar-refractivity contribution in [1.29, 1.82) is 0 Å². The zero-order chi connectivity index (χ0) is 9.42. The van der Waals surface area contributed by atoms with Gasteiger partial charge in [0.05, 0.1) is 6.54 Å². The lowest BCUT2D eigenvalue weighted by molar-refractivity contribution is 0.364. The molecular formula is C7H10BrFN4. The van der Waals surface area contributed by atoms with Crippen molar-refractivity contribution in [1.82, 2.24) is 14.8 Å². The maximum Gasteiger partial charge on any atom is 0.224 e. The second-order valence-electron chi connectivity index (χ2n) is 3.14. The van der Waals surface area contributed by atoms with Crippen molar-refractivity contribution in [2.24, 2.45) is 7.05 Å². The van der Waals surface area contributed by atoms with Crippen LogP contribution in [-0.4, -0.2) is 34.0 Å². The maximum atomic E-state index is 12.9. The first kappa shape index (κ1) is 8.93. The SMILES string of the molecule is Cn1nc(Br)nc1N1CC[C@H](F)C1. The Kier molecular flexibility index (Phi) is 2.23. The molecule has 1 aromatic rings. The summed E-state index contributed by atoms with van der Waals surface area (Å²) in [5.41, 5.74) is 0. The van der Waals surface area contributed by atoms with Gasteiger partial charge in [0, 0.05) is 13.6 Å². The zero-order valence-electron chi connectivity index (χ0n) is 7.24. The standard InChI is InChI=1S/C7H10BrFN4/c1-12-7(10-6(8)11-12)13-3-2-5(9)4-13/h5H,2-4H2,1H3/t5-/m0/s1. The fourth-order valence-electron chi connectivity index (χ4n) is 1.52. The van der Waals surface area contributed by atoms with Gasteiger partial charge >= 0.3 is 0 Å². The second-order valence-corrected chi connectivity index (χ2v) is 3.85. The first-order valence-corrected chi connectivity index (χ1v) is 4.91. The first-order chi connectivity index (χ1) is 6.16. The summed E-state index contributed by atoms with van der Waals surface area (Å²) in [5, 5.41) is 4.04. The number of hydrogen-bond donors (Lipinski definition) is 0. The van der Waals surface area contributed by atoms with Crippen LogP contribution in [0, 0.1) is 0 Å². The highest BCUT2D eigenvalue weighted by Gasteiger charge is 2.25. The van der Waals surface area contributed by atoms with E-state index in [9.17, 15) is 4.39 Å². The van der Waals surface area contributed by atoms with Crippen LogP contribution in [0.25, 0.3) is 0 Å². The molecule has 1 aliphatic heterocycles. The van der Waals surface area contributed by atoms with Crippen LogP contribution in [0.15, 0.2) is 4.73 Å². The predicted octanol–water partition coefficient (Wildman–Crippen LogP) is 1.13. The van der Waals surface area contributed by atoms with Gasteiger partial charge in [0.15, 0.2) is 0 Å². The zero-order valence-corrected chi connectivity index (χ0v) is 8.83. The summed E-state index contributed by atoms with van der Waals surface area (Å²) in [5.74, 6) is 0.729. The van der Waals surface area contributed by atoms with Gasteiger partial charge in [0.1, 0.15) is 6.17 Å². The van der Waals surface area contributed by atoms with Crippen molar-refractivity contribution in [3.8, 4) is 0 Å². The normalized spacial score (nSPS) is 22.7. The third kappa shape index (κ3) is 1.67. The van der Waals surface area contributed by atoms with Crippen LogP contribution in [0.1, 0.15) is 6.42 Å². The molecular weight excluding hydrogens is 239 g/mol.